The molecule has 10 fully saturated rings. The maximum Gasteiger partial charge on any atom is 0.499 e. The highest BCUT2D eigenvalue weighted by molar-refractivity contribution is 6.64. The number of benzene rings is 2. The number of nitrogens with two attached hydrogens (primary N) is 2. The van der Waals surface area contributed by atoms with Gasteiger partial charge < -0.3 is 50.6 Å². The topological polar surface area (TPSA) is 391 Å². The van der Waals surface area contributed by atoms with E-state index >= 15 is 8.78 Å². The molecule has 6 saturated carbocycles. The van der Waals surface area contributed by atoms with Crippen molar-refractivity contribution in [3.05, 3.63) is 227 Å². The van der Waals surface area contributed by atoms with Gasteiger partial charge in [0.2, 0.25) is 17.7 Å². The second-order valence-corrected chi connectivity index (χ2v) is 38.5. The number of pyridine rings is 3. The first-order chi connectivity index (χ1) is 64.9. The van der Waals surface area contributed by atoms with Gasteiger partial charge in [-0.05, 0) is 207 Å². The van der Waals surface area contributed by atoms with Crippen LogP contribution >= 0.6 is 23.2 Å². The fourth-order valence-corrected chi connectivity index (χ4v) is 18.3. The van der Waals surface area contributed by atoms with Crippen LogP contribution in [0.4, 0.5) is 45.0 Å². The molecule has 4 saturated heterocycles. The number of hydrogen-bond donors (Lipinski definition) is 4. The number of rotatable bonds is 16. The molecule has 4 aliphatic heterocycles. The quantitative estimate of drug-likeness (QED) is 0.0229. The Morgan fingerprint density at radius 3 is 1.21 bits per heavy atom. The molecule has 710 valence electrons. The van der Waals surface area contributed by atoms with Gasteiger partial charge in [0.05, 0.1) is 84.1 Å². The molecular weight excluding hydrogens is 1800 g/mol. The largest absolute Gasteiger partial charge is 0.499 e. The van der Waals surface area contributed by atoms with E-state index in [0.29, 0.717) is 66.2 Å². The predicted molar refractivity (Wildman–Crippen MR) is 508 cm³/mol. The zero-order chi connectivity index (χ0) is 96.9. The Labute approximate surface area is 789 Å². The molecule has 0 unspecified atom stereocenters. The first kappa shape index (κ1) is 95.1. The predicted octanol–water partition coefficient (Wildman–Crippen LogP) is 12.7. The van der Waals surface area contributed by atoms with Crippen molar-refractivity contribution in [3.63, 3.8) is 0 Å². The van der Waals surface area contributed by atoms with Gasteiger partial charge in [0.25, 0.3) is 5.56 Å². The minimum Gasteiger partial charge on any atom is -0.399 e. The molecule has 10 aliphatic rings. The highest BCUT2D eigenvalue weighted by Gasteiger charge is 2.53. The lowest BCUT2D eigenvalue weighted by atomic mass is 9.77. The third-order valence-electron chi connectivity index (χ3n) is 27.0. The number of anilines is 4. The van der Waals surface area contributed by atoms with Crippen molar-refractivity contribution in [2.75, 3.05) is 60.5 Å². The Bertz CT molecular complexity index is 6780. The van der Waals surface area contributed by atoms with Crippen molar-refractivity contribution in [2.24, 2.45) is 0 Å². The summed E-state index contributed by atoms with van der Waals surface area (Å²) in [5, 5.41) is 3.20. The Balaban J connectivity index is 0.000000126. The summed E-state index contributed by atoms with van der Waals surface area (Å²) in [6.07, 6.45) is 20.1. The lowest BCUT2D eigenvalue weighted by Crippen LogP contribution is -2.58. The average molecular weight is 1900 g/mol. The maximum atomic E-state index is 16.1. The normalized spacial score (nSPS) is 21.2. The second kappa shape index (κ2) is 37.8. The summed E-state index contributed by atoms with van der Waals surface area (Å²) < 4.78 is 89.3. The van der Waals surface area contributed by atoms with E-state index in [1.165, 1.54) is 81.0 Å². The molecule has 11 aromatic rings. The summed E-state index contributed by atoms with van der Waals surface area (Å²) in [5.74, 6) is -1.91. The van der Waals surface area contributed by atoms with E-state index in [1.54, 1.807) is 28.3 Å². The zero-order valence-electron chi connectivity index (χ0n) is 77.0. The number of aromatic nitrogens is 15. The summed E-state index contributed by atoms with van der Waals surface area (Å²) in [5.41, 5.74) is 15.2. The van der Waals surface area contributed by atoms with E-state index in [-0.39, 0.29) is 145 Å². The summed E-state index contributed by atoms with van der Waals surface area (Å²) in [4.78, 5) is 150. The number of amides is 3. The van der Waals surface area contributed by atoms with Crippen molar-refractivity contribution >= 4 is 110 Å². The Morgan fingerprint density at radius 2 is 0.816 bits per heavy atom. The van der Waals surface area contributed by atoms with Crippen LogP contribution in [0.25, 0.3) is 61.4 Å². The van der Waals surface area contributed by atoms with E-state index in [4.69, 9.17) is 44.0 Å². The van der Waals surface area contributed by atoms with Crippen LogP contribution in [-0.4, -0.2) is 200 Å². The highest BCUT2D eigenvalue weighted by atomic mass is 35.5. The SMILES string of the molecule is C=CC(=O)N1C[C@H](C)N(c2nc(=O)n(-c3c(C4CC4)ncnc3C3CC3)c3nc(-c4c(N)cccc4F)c(F)cc23)C[C@H]1C.C=CC(=O)N1C[C@H](C)N(c2nc(=O)n(-c3c(C4CC4)ncnc3C3CC3)c3nc(Cl)c(F)cc23)C[C@H]1C.C=CC(=O)N1C[C@H](C)NC[C@H]1C.CC1(C)OB(c2c(N)cccc2F)OC1(C)C.O=c1[nH]c(=O)n(-c2c(C3CC3)ncnc2C2CC2)c2nc(Cl)c(F)cc12. The molecule has 0 radical (unpaired) electrons. The molecule has 6 atom stereocenters. The number of fused-ring (bicyclic) bond motifs is 3. The third-order valence-corrected chi connectivity index (χ3v) is 27.5. The number of nitrogens with one attached hydrogen (secondary N) is 2. The van der Waals surface area contributed by atoms with Gasteiger partial charge in [-0.15, -0.1) is 0 Å². The van der Waals surface area contributed by atoms with E-state index in [1.807, 2.05) is 77.0 Å². The van der Waals surface area contributed by atoms with Gasteiger partial charge in [-0.1, -0.05) is 55.1 Å². The number of nitrogen functional groups attached to an aromatic ring is 2. The van der Waals surface area contributed by atoms with Crippen LogP contribution in [0, 0.1) is 29.1 Å². The van der Waals surface area contributed by atoms with Crippen molar-refractivity contribution in [1.29, 1.82) is 0 Å². The van der Waals surface area contributed by atoms with Crippen LogP contribution in [0.15, 0.2) is 131 Å². The molecule has 0 bridgehead atoms. The van der Waals surface area contributed by atoms with E-state index in [0.717, 1.165) is 130 Å². The molecule has 6 N–H and O–H groups in total. The van der Waals surface area contributed by atoms with Gasteiger partial charge in [-0.3, -0.25) is 24.2 Å². The lowest BCUT2D eigenvalue weighted by molar-refractivity contribution is -0.129. The highest BCUT2D eigenvalue weighted by Crippen LogP contribution is 2.52. The van der Waals surface area contributed by atoms with Gasteiger partial charge in [-0.2, -0.15) is 9.97 Å². The Hall–Kier alpha value is -12.6. The smallest absolute Gasteiger partial charge is 0.399 e. The minimum absolute atomic E-state index is 0.0174. The molecule has 2 aromatic carbocycles. The number of piperazine rings is 3. The zero-order valence-corrected chi connectivity index (χ0v) is 78.5. The first-order valence-corrected chi connectivity index (χ1v) is 46.6. The minimum atomic E-state index is -0.816. The van der Waals surface area contributed by atoms with Crippen LogP contribution in [0.2, 0.25) is 10.3 Å². The summed E-state index contributed by atoms with van der Waals surface area (Å²) in [7, 11) is -0.749. The van der Waals surface area contributed by atoms with Crippen molar-refractivity contribution in [3.8, 4) is 28.3 Å². The summed E-state index contributed by atoms with van der Waals surface area (Å²) in [6, 6.07) is 12.0. The number of aromatic amines is 1. The van der Waals surface area contributed by atoms with Gasteiger partial charge in [0.15, 0.2) is 44.7 Å². The molecule has 136 heavy (non-hydrogen) atoms. The van der Waals surface area contributed by atoms with Crippen LogP contribution in [0.3, 0.4) is 0 Å². The molecule has 13 heterocycles. The molecule has 40 heteroatoms. The lowest BCUT2D eigenvalue weighted by Gasteiger charge is -2.44. The molecule has 6 aliphatic carbocycles. The van der Waals surface area contributed by atoms with Gasteiger partial charge in [0.1, 0.15) is 47.9 Å². The fourth-order valence-electron chi connectivity index (χ4n) is 18.1. The first-order valence-electron chi connectivity index (χ1n) is 45.9. The Kier molecular flexibility index (Phi) is 26.4. The van der Waals surface area contributed by atoms with Crippen molar-refractivity contribution < 1.29 is 45.6 Å². The van der Waals surface area contributed by atoms with E-state index in [9.17, 15) is 46.7 Å². The monoisotopic (exact) mass is 1900 g/mol. The number of H-pyrrole nitrogens is 1. The van der Waals surface area contributed by atoms with E-state index < -0.39 is 75.2 Å². The second-order valence-electron chi connectivity index (χ2n) is 37.8. The van der Waals surface area contributed by atoms with Crippen molar-refractivity contribution in [1.82, 2.24) is 93.5 Å². The molecule has 21 rings (SSSR count). The molecule has 32 nitrogen and oxygen atoms in total. The fraction of sp³-hybridized carbons (Fsp3) is 0.438. The van der Waals surface area contributed by atoms with Crippen LogP contribution in [-0.2, 0) is 23.7 Å². The number of carbonyl (C=O) groups excluding carboxylic acids is 3. The van der Waals surface area contributed by atoms with Gasteiger partial charge >= 0.3 is 24.2 Å². The number of halogens is 7. The molecule has 3 amide bonds. The van der Waals surface area contributed by atoms with Crippen LogP contribution in [0.5, 0.6) is 0 Å². The van der Waals surface area contributed by atoms with Crippen LogP contribution < -0.4 is 54.7 Å². The summed E-state index contributed by atoms with van der Waals surface area (Å²) in [6.45, 7) is 33.3. The number of carbonyl (C=O) groups is 3. The molecular formula is C96H105BCl2F5N23O9. The average Bonchev–Trinajstić information content (AvgIpc) is 1.36. The van der Waals surface area contributed by atoms with Crippen molar-refractivity contribution in [2.45, 2.75) is 229 Å². The van der Waals surface area contributed by atoms with Gasteiger partial charge in [-0.25, -0.2) is 94.9 Å². The van der Waals surface area contributed by atoms with Gasteiger partial charge in [0, 0.05) is 128 Å². The number of hydrogen-bond acceptors (Lipinski definition) is 25. The number of nitrogens with zero attached hydrogens (tertiary/aromatic N) is 19. The standard InChI is InChI=1S/C32H32F2N8O2.C26H27ClFN7O2.C17H13ClFN5O2.C12H17BFNO2.C9H16N2O/c1-4-24(43)40-13-17(3)41(14-16(40)2)30-20-12-22(34)28(25-21(33)6-5-7-23(25)35)38-31(20)42(32(44)39-30)29-26(18-8-9-18)36-15-37-27(29)19-10-11-19;1-4-19(36)33-10-14(3)34(11-13(33)2)24-17-9-18(28)23(27)31-25(17)35(26(37)32-24)22-20(15-5-6-15)29-12-30-21(22)16-7-8-16;18-14-10(19)5-9-15(22-14)24(17(26)23-16(9)25)13-11(7-1-2-7)20-6-21-12(13)8-3-4-8;1-11(2)12(3,4)17-13(16-11)10-8(14)6-5-7-9(10)15;1-4-9(12)11-6-7(2)10-5-8(11)3/h4-7,12,15-19H,1,8-11,13-14,35H2,2-3H3;4,9,12-16H,1,5-8,10-11H2,2-3H3;5-8H,1-4H2,(H,23,25,26);5-7H,15H2,1-4H3;4,7-8,10H,1,5-6H2,2-3H3/t16-,17+;13-,14+;;;7-,8+/m11..0/s1. The third kappa shape index (κ3) is 18.9. The molecule has 9 aromatic heterocycles. The van der Waals surface area contributed by atoms with E-state index in [2.05, 4.69) is 91.8 Å². The maximum absolute atomic E-state index is 16.1. The summed E-state index contributed by atoms with van der Waals surface area (Å²) >= 11 is 12.0. The Morgan fingerprint density at radius 1 is 0.456 bits per heavy atom. The van der Waals surface area contributed by atoms with Crippen LogP contribution in [0.1, 0.15) is 216 Å². The molecule has 0 spiro atoms.